The van der Waals surface area contributed by atoms with Crippen LogP contribution in [-0.2, 0) is 6.54 Å². The van der Waals surface area contributed by atoms with E-state index in [1.165, 1.54) is 32.9 Å². The molecule has 5 heteroatoms. The van der Waals surface area contributed by atoms with E-state index < -0.39 is 6.10 Å². The van der Waals surface area contributed by atoms with E-state index in [0.29, 0.717) is 13.1 Å². The molecule has 6 rings (SSSR count). The minimum absolute atomic E-state index is 0.197. The van der Waals surface area contributed by atoms with Crippen molar-refractivity contribution >= 4 is 33.4 Å². The Morgan fingerprint density at radius 2 is 1.16 bits per heavy atom. The summed E-state index contributed by atoms with van der Waals surface area (Å²) in [5.41, 5.74) is 4.92. The zero-order chi connectivity index (χ0) is 25.2. The summed E-state index contributed by atoms with van der Waals surface area (Å²) in [5.74, 6) is 0. The first-order valence-corrected chi connectivity index (χ1v) is 13.5. The Hall–Kier alpha value is -3.15. The first-order valence-electron chi connectivity index (χ1n) is 13.1. The number of aromatic nitrogens is 1. The van der Waals surface area contributed by atoms with Gasteiger partial charge in [-0.1, -0.05) is 90.5 Å². The molecule has 0 radical (unpaired) electrons. The van der Waals surface area contributed by atoms with Gasteiger partial charge < -0.3 is 9.67 Å². The molecular weight excluding hydrogens is 478 g/mol. The summed E-state index contributed by atoms with van der Waals surface area (Å²) in [7, 11) is 0. The van der Waals surface area contributed by atoms with E-state index in [9.17, 15) is 5.11 Å². The van der Waals surface area contributed by atoms with Crippen LogP contribution in [-0.4, -0.2) is 58.3 Å². The number of benzene rings is 4. The summed E-state index contributed by atoms with van der Waals surface area (Å²) < 4.78 is 2.28. The van der Waals surface area contributed by atoms with Gasteiger partial charge in [-0.05, 0) is 35.4 Å². The Morgan fingerprint density at radius 3 is 1.78 bits per heavy atom. The fraction of sp³-hybridized carbons (Fsp3) is 0.250. The summed E-state index contributed by atoms with van der Waals surface area (Å²) in [4.78, 5) is 4.95. The molecule has 1 fully saturated rings. The van der Waals surface area contributed by atoms with Gasteiger partial charge >= 0.3 is 0 Å². The molecule has 1 saturated heterocycles. The number of aliphatic hydroxyl groups is 1. The van der Waals surface area contributed by atoms with Crippen molar-refractivity contribution in [3.05, 3.63) is 119 Å². The number of hydrogen-bond acceptors (Lipinski definition) is 3. The molecular formula is C32H32ClN3O. The van der Waals surface area contributed by atoms with Crippen LogP contribution in [0, 0.1) is 0 Å². The lowest BCUT2D eigenvalue weighted by molar-refractivity contribution is 0.0565. The van der Waals surface area contributed by atoms with Crippen LogP contribution in [0.25, 0.3) is 21.8 Å². The second-order valence-corrected chi connectivity index (χ2v) is 10.4. The molecule has 1 aromatic heterocycles. The van der Waals surface area contributed by atoms with Gasteiger partial charge in [0, 0.05) is 59.6 Å². The number of rotatable bonds is 7. The second-order valence-electron chi connectivity index (χ2n) is 10.0. The first-order chi connectivity index (χ1) is 18.2. The standard InChI is InChI=1S/C32H32ClN3O/c33-26-16-14-25(15-17-26)32(24-8-2-1-3-9-24)35-20-18-34(19-21-35)22-27(37)23-36-30-12-6-4-10-28(30)29-11-5-7-13-31(29)36/h1-17,27,32,37H,18-23H2/t27-,32-/m0/s1. The van der Waals surface area contributed by atoms with Crippen LogP contribution >= 0.6 is 11.6 Å². The average molecular weight is 510 g/mol. The van der Waals surface area contributed by atoms with Crippen molar-refractivity contribution < 1.29 is 5.11 Å². The van der Waals surface area contributed by atoms with Crippen molar-refractivity contribution in [3.8, 4) is 0 Å². The SMILES string of the molecule is O[C@@H](CN1CCN([C@@H](c2ccccc2)c2ccc(Cl)cc2)CC1)Cn1c2ccccc2c2ccccc21. The zero-order valence-corrected chi connectivity index (χ0v) is 21.6. The lowest BCUT2D eigenvalue weighted by Crippen LogP contribution is -2.50. The van der Waals surface area contributed by atoms with E-state index in [4.69, 9.17) is 11.6 Å². The lowest BCUT2D eigenvalue weighted by Gasteiger charge is -2.40. The molecule has 0 unspecified atom stereocenters. The van der Waals surface area contributed by atoms with Gasteiger partial charge in [-0.3, -0.25) is 9.80 Å². The van der Waals surface area contributed by atoms with Gasteiger partial charge in [0.15, 0.2) is 0 Å². The third kappa shape index (κ3) is 5.03. The molecule has 0 spiro atoms. The number of piperazine rings is 1. The van der Waals surface area contributed by atoms with Crippen LogP contribution < -0.4 is 0 Å². The van der Waals surface area contributed by atoms with Crippen molar-refractivity contribution in [1.29, 1.82) is 0 Å². The molecule has 4 nitrogen and oxygen atoms in total. The van der Waals surface area contributed by atoms with E-state index in [-0.39, 0.29) is 6.04 Å². The zero-order valence-electron chi connectivity index (χ0n) is 20.9. The Labute approximate surface area is 223 Å². The van der Waals surface area contributed by atoms with Crippen LogP contribution in [0.3, 0.4) is 0 Å². The van der Waals surface area contributed by atoms with Crippen LogP contribution in [0.4, 0.5) is 0 Å². The molecule has 0 amide bonds. The number of para-hydroxylation sites is 2. The molecule has 2 atom stereocenters. The molecule has 1 aliphatic rings. The van der Waals surface area contributed by atoms with Gasteiger partial charge in [0.1, 0.15) is 0 Å². The van der Waals surface area contributed by atoms with Crippen molar-refractivity contribution in [2.45, 2.75) is 18.7 Å². The van der Waals surface area contributed by atoms with Crippen LogP contribution in [0.15, 0.2) is 103 Å². The maximum Gasteiger partial charge on any atom is 0.0845 e. The smallest absolute Gasteiger partial charge is 0.0845 e. The Bertz CT molecular complexity index is 1420. The summed E-state index contributed by atoms with van der Waals surface area (Å²) >= 11 is 6.19. The van der Waals surface area contributed by atoms with Crippen molar-refractivity contribution in [1.82, 2.24) is 14.4 Å². The predicted octanol–water partition coefficient (Wildman–Crippen LogP) is 6.22. The van der Waals surface area contributed by atoms with Crippen molar-refractivity contribution in [2.24, 2.45) is 0 Å². The fourth-order valence-electron chi connectivity index (χ4n) is 5.87. The maximum absolute atomic E-state index is 11.2. The second kappa shape index (κ2) is 10.7. The van der Waals surface area contributed by atoms with Crippen LogP contribution in [0.5, 0.6) is 0 Å². The van der Waals surface area contributed by atoms with Crippen LogP contribution in [0.1, 0.15) is 17.2 Å². The number of β-amino-alcohol motifs (C(OH)–C–C–N with tert-alkyl or cyclic N) is 1. The average Bonchev–Trinajstić information content (AvgIpc) is 3.25. The molecule has 188 valence electrons. The molecule has 0 aliphatic carbocycles. The lowest BCUT2D eigenvalue weighted by atomic mass is 9.96. The van der Waals surface area contributed by atoms with E-state index >= 15 is 0 Å². The first kappa shape index (κ1) is 24.2. The van der Waals surface area contributed by atoms with Gasteiger partial charge in [-0.25, -0.2) is 0 Å². The van der Waals surface area contributed by atoms with Gasteiger partial charge in [0.25, 0.3) is 0 Å². The van der Waals surface area contributed by atoms with Crippen molar-refractivity contribution in [3.63, 3.8) is 0 Å². The molecule has 37 heavy (non-hydrogen) atoms. The molecule has 0 saturated carbocycles. The van der Waals surface area contributed by atoms with Gasteiger partial charge in [0.05, 0.1) is 18.7 Å². The summed E-state index contributed by atoms with van der Waals surface area (Å²) in [5, 5.41) is 14.4. The summed E-state index contributed by atoms with van der Waals surface area (Å²) in [6, 6.07) is 36.1. The van der Waals surface area contributed by atoms with E-state index in [1.807, 2.05) is 12.1 Å². The number of aliphatic hydroxyl groups excluding tert-OH is 1. The topological polar surface area (TPSA) is 31.6 Å². The molecule has 0 bridgehead atoms. The predicted molar refractivity (Wildman–Crippen MR) is 153 cm³/mol. The summed E-state index contributed by atoms with van der Waals surface area (Å²) in [6.45, 7) is 5.02. The number of halogens is 1. The minimum atomic E-state index is -0.438. The van der Waals surface area contributed by atoms with Crippen molar-refractivity contribution in [2.75, 3.05) is 32.7 Å². The summed E-state index contributed by atoms with van der Waals surface area (Å²) in [6.07, 6.45) is -0.438. The Kier molecular flexibility index (Phi) is 6.99. The Morgan fingerprint density at radius 1 is 0.622 bits per heavy atom. The highest BCUT2D eigenvalue weighted by Gasteiger charge is 2.27. The molecule has 5 aromatic rings. The monoisotopic (exact) mass is 509 g/mol. The van der Waals surface area contributed by atoms with E-state index in [1.54, 1.807) is 0 Å². The highest BCUT2D eigenvalue weighted by Crippen LogP contribution is 2.31. The molecule has 4 aromatic carbocycles. The normalized spacial score (nSPS) is 16.8. The third-order valence-corrected chi connectivity index (χ3v) is 7.87. The van der Waals surface area contributed by atoms with Crippen LogP contribution in [0.2, 0.25) is 5.02 Å². The maximum atomic E-state index is 11.2. The minimum Gasteiger partial charge on any atom is -0.390 e. The van der Waals surface area contributed by atoms with Gasteiger partial charge in [-0.2, -0.15) is 0 Å². The number of hydrogen-bond donors (Lipinski definition) is 1. The molecule has 1 N–H and O–H groups in total. The number of fused-ring (bicyclic) bond motifs is 3. The molecule has 2 heterocycles. The highest BCUT2D eigenvalue weighted by atomic mass is 35.5. The van der Waals surface area contributed by atoms with E-state index in [2.05, 4.69) is 105 Å². The third-order valence-electron chi connectivity index (χ3n) is 7.62. The Balaban J connectivity index is 1.15. The highest BCUT2D eigenvalue weighted by molar-refractivity contribution is 6.30. The number of nitrogens with zero attached hydrogens (tertiary/aromatic N) is 3. The quantitative estimate of drug-likeness (QED) is 0.283. The fourth-order valence-corrected chi connectivity index (χ4v) is 5.99. The molecule has 1 aliphatic heterocycles. The largest absolute Gasteiger partial charge is 0.390 e. The van der Waals surface area contributed by atoms with E-state index in [0.717, 1.165) is 31.2 Å². The van der Waals surface area contributed by atoms with Gasteiger partial charge in [0.2, 0.25) is 0 Å². The van der Waals surface area contributed by atoms with Gasteiger partial charge in [-0.15, -0.1) is 0 Å².